The minimum atomic E-state index is -0.989. The van der Waals surface area contributed by atoms with Crippen molar-refractivity contribution in [3.8, 4) is 5.75 Å². The summed E-state index contributed by atoms with van der Waals surface area (Å²) in [6.45, 7) is 3.38. The molecule has 0 aliphatic carbocycles. The predicted octanol–water partition coefficient (Wildman–Crippen LogP) is 1.95. The highest BCUT2D eigenvalue weighted by Gasteiger charge is 2.19. The van der Waals surface area contributed by atoms with E-state index in [1.807, 2.05) is 38.1 Å². The van der Waals surface area contributed by atoms with E-state index in [1.165, 1.54) is 4.90 Å². The van der Waals surface area contributed by atoms with Gasteiger partial charge in [0, 0.05) is 12.5 Å². The smallest absolute Gasteiger partial charge is 0.323 e. The van der Waals surface area contributed by atoms with E-state index < -0.39 is 5.97 Å². The lowest BCUT2D eigenvalue weighted by Gasteiger charge is -2.24. The fourth-order valence-corrected chi connectivity index (χ4v) is 1.89. The normalized spacial score (nSPS) is 10.4. The van der Waals surface area contributed by atoms with Gasteiger partial charge in [-0.05, 0) is 38.0 Å². The lowest BCUT2D eigenvalue weighted by Crippen LogP contribution is -2.40. The predicted molar refractivity (Wildman–Crippen MR) is 75.8 cm³/mol. The zero-order chi connectivity index (χ0) is 15.1. The minimum Gasteiger partial charge on any atom is -0.497 e. The van der Waals surface area contributed by atoms with Gasteiger partial charge >= 0.3 is 5.97 Å². The average molecular weight is 279 g/mol. The van der Waals surface area contributed by atoms with Crippen LogP contribution < -0.4 is 4.74 Å². The third-order valence-corrected chi connectivity index (χ3v) is 3.04. The lowest BCUT2D eigenvalue weighted by atomic mass is 10.1. The molecule has 1 N–H and O–H groups in total. The number of rotatable bonds is 7. The van der Waals surface area contributed by atoms with E-state index >= 15 is 0 Å². The quantitative estimate of drug-likeness (QED) is 0.828. The monoisotopic (exact) mass is 279 g/mol. The number of benzene rings is 1. The van der Waals surface area contributed by atoms with E-state index in [2.05, 4.69) is 0 Å². The van der Waals surface area contributed by atoms with Crippen LogP contribution in [0.2, 0.25) is 0 Å². The van der Waals surface area contributed by atoms with E-state index in [0.29, 0.717) is 12.8 Å². The molecule has 0 radical (unpaired) electrons. The molecule has 5 nitrogen and oxygen atoms in total. The van der Waals surface area contributed by atoms with Gasteiger partial charge in [-0.1, -0.05) is 12.1 Å². The Kier molecular flexibility index (Phi) is 6.03. The molecule has 1 rings (SSSR count). The molecule has 20 heavy (non-hydrogen) atoms. The standard InChI is InChI=1S/C15H21NO4/c1-11(2)16(10-15(18)19)14(17)9-6-12-4-7-13(20-3)8-5-12/h4-5,7-8,11H,6,9-10H2,1-3H3,(H,18,19). The van der Waals surface area contributed by atoms with Crippen molar-refractivity contribution in [3.05, 3.63) is 29.8 Å². The van der Waals surface area contributed by atoms with Gasteiger partial charge < -0.3 is 14.7 Å². The SMILES string of the molecule is COc1ccc(CCC(=O)N(CC(=O)O)C(C)C)cc1. The van der Waals surface area contributed by atoms with Gasteiger partial charge in [0.05, 0.1) is 7.11 Å². The Morgan fingerprint density at radius 1 is 1.25 bits per heavy atom. The van der Waals surface area contributed by atoms with Gasteiger partial charge in [-0.25, -0.2) is 0 Å². The molecule has 0 atom stereocenters. The summed E-state index contributed by atoms with van der Waals surface area (Å²) in [6, 6.07) is 7.38. The van der Waals surface area contributed by atoms with Crippen LogP contribution in [0.1, 0.15) is 25.8 Å². The molecule has 0 aliphatic heterocycles. The number of carboxylic acids is 1. The van der Waals surface area contributed by atoms with Crippen molar-refractivity contribution in [2.75, 3.05) is 13.7 Å². The first-order valence-corrected chi connectivity index (χ1v) is 6.58. The summed E-state index contributed by atoms with van der Waals surface area (Å²) in [6.07, 6.45) is 0.892. The number of hydrogen-bond acceptors (Lipinski definition) is 3. The Labute approximate surface area is 119 Å². The second-order valence-electron chi connectivity index (χ2n) is 4.86. The second-order valence-corrected chi connectivity index (χ2v) is 4.86. The number of carbonyl (C=O) groups excluding carboxylic acids is 1. The Morgan fingerprint density at radius 3 is 2.30 bits per heavy atom. The Balaban J connectivity index is 2.57. The van der Waals surface area contributed by atoms with E-state index in [4.69, 9.17) is 9.84 Å². The second kappa shape index (κ2) is 7.53. The molecule has 0 heterocycles. The molecule has 0 unspecified atom stereocenters. The first kappa shape index (κ1) is 16.0. The first-order valence-electron chi connectivity index (χ1n) is 6.58. The maximum atomic E-state index is 12.1. The Bertz CT molecular complexity index is 453. The first-order chi connectivity index (χ1) is 9.43. The van der Waals surface area contributed by atoms with Crippen molar-refractivity contribution >= 4 is 11.9 Å². The van der Waals surface area contributed by atoms with Crippen molar-refractivity contribution < 1.29 is 19.4 Å². The van der Waals surface area contributed by atoms with Crippen molar-refractivity contribution in [2.24, 2.45) is 0 Å². The lowest BCUT2D eigenvalue weighted by molar-refractivity contribution is -0.145. The topological polar surface area (TPSA) is 66.8 Å². The molecule has 1 amide bonds. The van der Waals surface area contributed by atoms with Crippen LogP contribution in [-0.2, 0) is 16.0 Å². The van der Waals surface area contributed by atoms with E-state index in [0.717, 1.165) is 11.3 Å². The van der Waals surface area contributed by atoms with Crippen LogP contribution in [-0.4, -0.2) is 41.6 Å². The number of carboxylic acid groups (broad SMARTS) is 1. The molecular formula is C15H21NO4. The van der Waals surface area contributed by atoms with Gasteiger partial charge in [0.1, 0.15) is 12.3 Å². The molecule has 110 valence electrons. The summed E-state index contributed by atoms with van der Waals surface area (Å²) >= 11 is 0. The number of nitrogens with zero attached hydrogens (tertiary/aromatic N) is 1. The number of amides is 1. The number of carbonyl (C=O) groups is 2. The largest absolute Gasteiger partial charge is 0.497 e. The van der Waals surface area contributed by atoms with Crippen LogP contribution in [0.4, 0.5) is 0 Å². The molecule has 0 aromatic heterocycles. The van der Waals surface area contributed by atoms with Gasteiger partial charge in [-0.2, -0.15) is 0 Å². The summed E-state index contributed by atoms with van der Waals surface area (Å²) in [7, 11) is 1.60. The van der Waals surface area contributed by atoms with Crippen LogP contribution in [0.3, 0.4) is 0 Å². The van der Waals surface area contributed by atoms with Crippen molar-refractivity contribution in [3.63, 3.8) is 0 Å². The van der Waals surface area contributed by atoms with Gasteiger partial charge in [-0.15, -0.1) is 0 Å². The number of ether oxygens (including phenoxy) is 1. The van der Waals surface area contributed by atoms with E-state index in [-0.39, 0.29) is 18.5 Å². The molecule has 0 saturated carbocycles. The van der Waals surface area contributed by atoms with Crippen LogP contribution >= 0.6 is 0 Å². The highest BCUT2D eigenvalue weighted by Crippen LogP contribution is 2.13. The summed E-state index contributed by atoms with van der Waals surface area (Å²) in [5.41, 5.74) is 1.03. The van der Waals surface area contributed by atoms with Crippen LogP contribution in [0.5, 0.6) is 5.75 Å². The number of aliphatic carboxylic acids is 1. The number of hydrogen-bond donors (Lipinski definition) is 1. The zero-order valence-electron chi connectivity index (χ0n) is 12.1. The molecule has 0 saturated heterocycles. The summed E-state index contributed by atoms with van der Waals surface area (Å²) < 4.78 is 5.07. The number of aryl methyl sites for hydroxylation is 1. The molecule has 5 heteroatoms. The average Bonchev–Trinajstić information content (AvgIpc) is 2.42. The van der Waals surface area contributed by atoms with Gasteiger partial charge in [0.25, 0.3) is 0 Å². The maximum absolute atomic E-state index is 12.1. The molecule has 0 aliphatic rings. The highest BCUT2D eigenvalue weighted by atomic mass is 16.5. The molecule has 1 aromatic carbocycles. The van der Waals surface area contributed by atoms with Crippen molar-refractivity contribution in [2.45, 2.75) is 32.7 Å². The summed E-state index contributed by atoms with van der Waals surface area (Å²) in [5, 5.41) is 8.82. The molecule has 0 spiro atoms. The van der Waals surface area contributed by atoms with Crippen LogP contribution in [0, 0.1) is 0 Å². The van der Waals surface area contributed by atoms with Gasteiger partial charge in [-0.3, -0.25) is 9.59 Å². The van der Waals surface area contributed by atoms with Gasteiger partial charge in [0.15, 0.2) is 0 Å². The van der Waals surface area contributed by atoms with Crippen molar-refractivity contribution in [1.29, 1.82) is 0 Å². The Hall–Kier alpha value is -2.04. The molecule has 0 fully saturated rings. The Morgan fingerprint density at radius 2 is 1.85 bits per heavy atom. The van der Waals surface area contributed by atoms with Crippen LogP contribution in [0.15, 0.2) is 24.3 Å². The number of methoxy groups -OCH3 is 1. The third-order valence-electron chi connectivity index (χ3n) is 3.04. The van der Waals surface area contributed by atoms with Crippen LogP contribution in [0.25, 0.3) is 0 Å². The highest BCUT2D eigenvalue weighted by molar-refractivity contribution is 5.81. The molecule has 1 aromatic rings. The molecule has 0 bridgehead atoms. The fraction of sp³-hybridized carbons (Fsp3) is 0.467. The fourth-order valence-electron chi connectivity index (χ4n) is 1.89. The van der Waals surface area contributed by atoms with Gasteiger partial charge in [0.2, 0.25) is 5.91 Å². The summed E-state index contributed by atoms with van der Waals surface area (Å²) in [5.74, 6) is -0.357. The minimum absolute atomic E-state index is 0.116. The van der Waals surface area contributed by atoms with Crippen molar-refractivity contribution in [1.82, 2.24) is 4.90 Å². The summed E-state index contributed by atoms with van der Waals surface area (Å²) in [4.78, 5) is 24.2. The zero-order valence-corrected chi connectivity index (χ0v) is 12.1. The van der Waals surface area contributed by atoms with E-state index in [1.54, 1.807) is 7.11 Å². The molecular weight excluding hydrogens is 258 g/mol. The maximum Gasteiger partial charge on any atom is 0.323 e. The third kappa shape index (κ3) is 4.91. The van der Waals surface area contributed by atoms with E-state index in [9.17, 15) is 9.59 Å².